The molecule has 1 N–H and O–H groups in total. The zero-order valence-corrected chi connectivity index (χ0v) is 17.0. The summed E-state index contributed by atoms with van der Waals surface area (Å²) in [5.41, 5.74) is 1.66. The first-order chi connectivity index (χ1) is 13.7. The van der Waals surface area contributed by atoms with E-state index in [0.717, 1.165) is 5.56 Å². The summed E-state index contributed by atoms with van der Waals surface area (Å²) in [4.78, 5) is 35.7. The van der Waals surface area contributed by atoms with Crippen LogP contribution in [0.4, 0.5) is 5.69 Å². The number of anilines is 1. The number of fused-ring (bicyclic) bond motifs is 1. The van der Waals surface area contributed by atoms with E-state index in [1.54, 1.807) is 51.1 Å². The maximum Gasteiger partial charge on any atom is 0.336 e. The molecule has 29 heavy (non-hydrogen) atoms. The van der Waals surface area contributed by atoms with Crippen LogP contribution in [0.3, 0.4) is 0 Å². The van der Waals surface area contributed by atoms with Gasteiger partial charge in [-0.1, -0.05) is 25.4 Å². The number of ether oxygens (including phenoxy) is 1. The van der Waals surface area contributed by atoms with Gasteiger partial charge in [-0.3, -0.25) is 9.59 Å². The number of ketones is 1. The number of carbonyl (C=O) groups excluding carboxylic acids is 2. The summed E-state index contributed by atoms with van der Waals surface area (Å²) >= 11 is 6.24. The fraction of sp³-hybridized carbons (Fsp3) is 0.227. The van der Waals surface area contributed by atoms with Crippen molar-refractivity contribution in [2.45, 2.75) is 20.8 Å². The summed E-state index contributed by atoms with van der Waals surface area (Å²) in [6, 6.07) is 11.1. The second-order valence-corrected chi connectivity index (χ2v) is 7.37. The number of halogens is 1. The number of amides is 1. The molecule has 150 valence electrons. The molecule has 0 unspecified atom stereocenters. The van der Waals surface area contributed by atoms with Crippen molar-refractivity contribution in [3.63, 3.8) is 0 Å². The molecule has 0 aliphatic carbocycles. The molecule has 7 heteroatoms. The molecule has 1 aromatic heterocycles. The molecule has 3 rings (SSSR count). The number of carbonyl (C=O) groups is 2. The van der Waals surface area contributed by atoms with Crippen LogP contribution in [0.1, 0.15) is 29.8 Å². The van der Waals surface area contributed by atoms with E-state index in [1.165, 1.54) is 12.1 Å². The topological polar surface area (TPSA) is 85.6 Å². The Bertz CT molecular complexity index is 1130. The van der Waals surface area contributed by atoms with E-state index in [4.69, 9.17) is 20.8 Å². The van der Waals surface area contributed by atoms with Crippen molar-refractivity contribution < 1.29 is 18.7 Å². The molecule has 1 heterocycles. The van der Waals surface area contributed by atoms with Crippen molar-refractivity contribution in [2.75, 3.05) is 11.9 Å². The van der Waals surface area contributed by atoms with Gasteiger partial charge in [-0.05, 0) is 42.8 Å². The van der Waals surface area contributed by atoms with Crippen LogP contribution in [-0.2, 0) is 4.79 Å². The lowest BCUT2D eigenvalue weighted by atomic mass is 10.1. The molecule has 0 aliphatic heterocycles. The Morgan fingerprint density at radius 2 is 1.83 bits per heavy atom. The Labute approximate surface area is 172 Å². The quantitative estimate of drug-likeness (QED) is 0.471. The lowest BCUT2D eigenvalue weighted by Gasteiger charge is -2.10. The van der Waals surface area contributed by atoms with Gasteiger partial charge in [0.15, 0.2) is 12.4 Å². The molecule has 6 nitrogen and oxygen atoms in total. The van der Waals surface area contributed by atoms with Crippen LogP contribution in [0, 0.1) is 12.8 Å². The van der Waals surface area contributed by atoms with Gasteiger partial charge in [0.2, 0.25) is 5.91 Å². The minimum Gasteiger partial charge on any atom is -0.484 e. The fourth-order valence-corrected chi connectivity index (χ4v) is 2.90. The van der Waals surface area contributed by atoms with Gasteiger partial charge < -0.3 is 14.5 Å². The summed E-state index contributed by atoms with van der Waals surface area (Å²) < 4.78 is 10.7. The zero-order chi connectivity index (χ0) is 21.1. The standard InChI is InChI=1S/C22H20ClNO5/c1-12(2)22(27)24-15-6-4-14(5-7-15)18(25)11-28-20-10-19-16(9-17(20)23)13(3)8-21(26)29-19/h4-10,12H,11H2,1-3H3,(H,24,27). The number of hydrogen-bond acceptors (Lipinski definition) is 5. The van der Waals surface area contributed by atoms with Crippen molar-refractivity contribution in [1.29, 1.82) is 0 Å². The first-order valence-electron chi connectivity index (χ1n) is 9.05. The lowest BCUT2D eigenvalue weighted by Crippen LogP contribution is -2.18. The SMILES string of the molecule is Cc1cc(=O)oc2cc(OCC(=O)c3ccc(NC(=O)C(C)C)cc3)c(Cl)cc12. The van der Waals surface area contributed by atoms with Gasteiger partial charge in [-0.15, -0.1) is 0 Å². The highest BCUT2D eigenvalue weighted by Gasteiger charge is 2.13. The molecule has 0 radical (unpaired) electrons. The summed E-state index contributed by atoms with van der Waals surface area (Å²) in [5, 5.41) is 3.78. The third kappa shape index (κ3) is 4.84. The van der Waals surface area contributed by atoms with Crippen molar-refractivity contribution in [2.24, 2.45) is 5.92 Å². The molecule has 0 bridgehead atoms. The number of aryl methyl sites for hydroxylation is 1. The van der Waals surface area contributed by atoms with Crippen molar-refractivity contribution in [1.82, 2.24) is 0 Å². The molecule has 1 amide bonds. The number of hydrogen-bond donors (Lipinski definition) is 1. The first kappa shape index (κ1) is 20.6. The normalized spacial score (nSPS) is 10.9. The molecule has 2 aromatic carbocycles. The summed E-state index contributed by atoms with van der Waals surface area (Å²) in [6.45, 7) is 5.15. The molecule has 0 saturated heterocycles. The van der Waals surface area contributed by atoms with E-state index in [0.29, 0.717) is 27.2 Å². The van der Waals surface area contributed by atoms with E-state index < -0.39 is 5.63 Å². The summed E-state index contributed by atoms with van der Waals surface area (Å²) in [6.07, 6.45) is 0. The molecule has 0 spiro atoms. The predicted octanol–water partition coefficient (Wildman–Crippen LogP) is 4.61. The van der Waals surface area contributed by atoms with Crippen LogP contribution in [0.15, 0.2) is 51.7 Å². The number of benzene rings is 2. The van der Waals surface area contributed by atoms with Gasteiger partial charge in [-0.25, -0.2) is 4.79 Å². The van der Waals surface area contributed by atoms with E-state index in [2.05, 4.69) is 5.32 Å². The van der Waals surface area contributed by atoms with Crippen molar-refractivity contribution in [3.8, 4) is 5.75 Å². The van der Waals surface area contributed by atoms with Crippen LogP contribution >= 0.6 is 11.6 Å². The highest BCUT2D eigenvalue weighted by Crippen LogP contribution is 2.31. The number of nitrogens with one attached hydrogen (secondary N) is 1. The predicted molar refractivity (Wildman–Crippen MR) is 112 cm³/mol. The Kier molecular flexibility index (Phi) is 6.03. The van der Waals surface area contributed by atoms with E-state index in [-0.39, 0.29) is 30.0 Å². The van der Waals surface area contributed by atoms with E-state index in [9.17, 15) is 14.4 Å². The third-order valence-corrected chi connectivity index (χ3v) is 4.66. The van der Waals surface area contributed by atoms with Gasteiger partial charge in [0.1, 0.15) is 11.3 Å². The van der Waals surface area contributed by atoms with Gasteiger partial charge >= 0.3 is 5.63 Å². The Morgan fingerprint density at radius 3 is 2.48 bits per heavy atom. The molecular formula is C22H20ClNO5. The summed E-state index contributed by atoms with van der Waals surface area (Å²) in [5.74, 6) is -0.236. The minimum absolute atomic E-state index is 0.0970. The fourth-order valence-electron chi connectivity index (χ4n) is 2.68. The molecular weight excluding hydrogens is 394 g/mol. The van der Waals surface area contributed by atoms with Crippen LogP contribution in [0.5, 0.6) is 5.75 Å². The molecule has 0 fully saturated rings. The highest BCUT2D eigenvalue weighted by molar-refractivity contribution is 6.32. The second-order valence-electron chi connectivity index (χ2n) is 6.96. The van der Waals surface area contributed by atoms with Crippen molar-refractivity contribution >= 4 is 39.9 Å². The van der Waals surface area contributed by atoms with Gasteiger partial charge in [0, 0.05) is 34.7 Å². The largest absolute Gasteiger partial charge is 0.484 e. The van der Waals surface area contributed by atoms with Crippen LogP contribution in [0.25, 0.3) is 11.0 Å². The van der Waals surface area contributed by atoms with Gasteiger partial charge in [-0.2, -0.15) is 0 Å². The second kappa shape index (κ2) is 8.49. The number of Topliss-reactive ketones (excluding diaryl/α,β-unsaturated/α-hetero) is 1. The minimum atomic E-state index is -0.469. The number of rotatable bonds is 6. The average Bonchev–Trinajstić information content (AvgIpc) is 2.67. The Hall–Kier alpha value is -3.12. The third-order valence-electron chi connectivity index (χ3n) is 4.36. The highest BCUT2D eigenvalue weighted by atomic mass is 35.5. The maximum atomic E-state index is 12.4. The van der Waals surface area contributed by atoms with Crippen molar-refractivity contribution in [3.05, 3.63) is 69.0 Å². The van der Waals surface area contributed by atoms with Crippen LogP contribution in [0.2, 0.25) is 5.02 Å². The van der Waals surface area contributed by atoms with Crippen LogP contribution in [-0.4, -0.2) is 18.3 Å². The summed E-state index contributed by atoms with van der Waals surface area (Å²) in [7, 11) is 0. The van der Waals surface area contributed by atoms with Gasteiger partial charge in [0.05, 0.1) is 5.02 Å². The molecule has 3 aromatic rings. The first-order valence-corrected chi connectivity index (χ1v) is 9.43. The molecule has 0 atom stereocenters. The Morgan fingerprint density at radius 1 is 1.14 bits per heavy atom. The average molecular weight is 414 g/mol. The maximum absolute atomic E-state index is 12.4. The monoisotopic (exact) mass is 413 g/mol. The molecule has 0 aliphatic rings. The molecule has 0 saturated carbocycles. The smallest absolute Gasteiger partial charge is 0.336 e. The van der Waals surface area contributed by atoms with E-state index >= 15 is 0 Å². The van der Waals surface area contributed by atoms with E-state index in [1.807, 2.05) is 0 Å². The van der Waals surface area contributed by atoms with Gasteiger partial charge in [0.25, 0.3) is 0 Å². The zero-order valence-electron chi connectivity index (χ0n) is 16.2. The lowest BCUT2D eigenvalue weighted by molar-refractivity contribution is -0.118. The Balaban J connectivity index is 1.71. The van der Waals surface area contributed by atoms with Crippen LogP contribution < -0.4 is 15.7 Å².